The van der Waals surface area contributed by atoms with Gasteiger partial charge in [0.15, 0.2) is 0 Å². The van der Waals surface area contributed by atoms with Crippen molar-refractivity contribution in [1.82, 2.24) is 0 Å². The molecule has 0 spiro atoms. The van der Waals surface area contributed by atoms with E-state index in [4.69, 9.17) is 5.73 Å². The lowest BCUT2D eigenvalue weighted by atomic mass is 9.87. The molecule has 2 rings (SSSR count). The van der Waals surface area contributed by atoms with Gasteiger partial charge in [-0.15, -0.1) is 0 Å². The quantitative estimate of drug-likeness (QED) is 0.914. The monoisotopic (exact) mass is 268 g/mol. The van der Waals surface area contributed by atoms with E-state index in [-0.39, 0.29) is 11.4 Å². The molecular weight excluding hydrogens is 247 g/mol. The predicted octanol–water partition coefficient (Wildman–Crippen LogP) is 2.87. The number of hydrogen-bond acceptors (Lipinski definition) is 3. The number of para-hydroxylation sites is 1. The molecule has 0 bridgehead atoms. The smallest absolute Gasteiger partial charge is 0.146 e. The van der Waals surface area contributed by atoms with Gasteiger partial charge in [-0.05, 0) is 30.7 Å². The number of likely N-dealkylation sites (N-methyl/N-ethyl adjacent to an activating group) is 1. The fourth-order valence-corrected chi connectivity index (χ4v) is 4.15. The van der Waals surface area contributed by atoms with Gasteiger partial charge >= 0.3 is 0 Å². The zero-order valence-electron chi connectivity index (χ0n) is 11.0. The molecule has 0 radical (unpaired) electrons. The van der Waals surface area contributed by atoms with Gasteiger partial charge in [0.1, 0.15) is 5.82 Å². The average molecular weight is 268 g/mol. The number of nitrogens with zero attached hydrogens (tertiary/aromatic N) is 1. The van der Waals surface area contributed by atoms with Crippen LogP contribution in [0.3, 0.4) is 0 Å². The van der Waals surface area contributed by atoms with Gasteiger partial charge in [-0.1, -0.05) is 19.1 Å². The molecule has 1 aromatic carbocycles. The van der Waals surface area contributed by atoms with Gasteiger partial charge in [0.2, 0.25) is 0 Å². The largest absolute Gasteiger partial charge is 0.364 e. The fraction of sp³-hybridized carbons (Fsp3) is 0.571. The number of rotatable bonds is 3. The molecule has 4 heteroatoms. The van der Waals surface area contributed by atoms with Crippen LogP contribution in [0.4, 0.5) is 10.1 Å². The van der Waals surface area contributed by atoms with Gasteiger partial charge in [-0.2, -0.15) is 11.8 Å². The van der Waals surface area contributed by atoms with E-state index in [9.17, 15) is 4.39 Å². The summed E-state index contributed by atoms with van der Waals surface area (Å²) in [7, 11) is 1.97. The fourth-order valence-electron chi connectivity index (χ4n) is 2.81. The van der Waals surface area contributed by atoms with Crippen molar-refractivity contribution in [3.8, 4) is 0 Å². The van der Waals surface area contributed by atoms with Gasteiger partial charge in [0, 0.05) is 18.8 Å². The summed E-state index contributed by atoms with van der Waals surface area (Å²) in [6, 6.07) is 6.94. The average Bonchev–Trinajstić information content (AvgIpc) is 2.39. The zero-order valence-corrected chi connectivity index (χ0v) is 11.8. The highest BCUT2D eigenvalue weighted by atomic mass is 32.2. The zero-order chi connectivity index (χ0) is 13.2. The van der Waals surface area contributed by atoms with Crippen LogP contribution >= 0.6 is 11.8 Å². The summed E-state index contributed by atoms with van der Waals surface area (Å²) in [6.07, 6.45) is 2.17. The second-order valence-electron chi connectivity index (χ2n) is 4.93. The van der Waals surface area contributed by atoms with Crippen LogP contribution in [0.2, 0.25) is 0 Å². The van der Waals surface area contributed by atoms with Gasteiger partial charge in [0.25, 0.3) is 0 Å². The first-order valence-corrected chi connectivity index (χ1v) is 7.47. The first-order chi connectivity index (χ1) is 8.62. The van der Waals surface area contributed by atoms with E-state index in [0.29, 0.717) is 17.5 Å². The van der Waals surface area contributed by atoms with Gasteiger partial charge in [-0.25, -0.2) is 4.39 Å². The summed E-state index contributed by atoms with van der Waals surface area (Å²) in [5, 5.41) is 0.417. The molecule has 2 atom stereocenters. The summed E-state index contributed by atoms with van der Waals surface area (Å²) in [5.74, 6) is 1.00. The van der Waals surface area contributed by atoms with Crippen LogP contribution in [0.25, 0.3) is 0 Å². The Balaban J connectivity index is 2.35. The molecule has 2 nitrogen and oxygen atoms in total. The summed E-state index contributed by atoms with van der Waals surface area (Å²) < 4.78 is 13.9. The molecule has 0 aromatic heterocycles. The third kappa shape index (κ3) is 2.24. The summed E-state index contributed by atoms with van der Waals surface area (Å²) in [5.41, 5.74) is 6.56. The van der Waals surface area contributed by atoms with Crippen molar-refractivity contribution in [3.05, 3.63) is 30.1 Å². The van der Waals surface area contributed by atoms with E-state index in [1.54, 1.807) is 6.07 Å². The van der Waals surface area contributed by atoms with Crippen molar-refractivity contribution < 1.29 is 4.39 Å². The lowest BCUT2D eigenvalue weighted by molar-refractivity contribution is 0.364. The van der Waals surface area contributed by atoms with Gasteiger partial charge in [-0.3, -0.25) is 0 Å². The Hall–Kier alpha value is -0.740. The third-order valence-corrected chi connectivity index (χ3v) is 5.58. The topological polar surface area (TPSA) is 29.3 Å². The minimum absolute atomic E-state index is 0.134. The second kappa shape index (κ2) is 5.49. The second-order valence-corrected chi connectivity index (χ2v) is 6.38. The van der Waals surface area contributed by atoms with Crippen LogP contribution in [-0.4, -0.2) is 30.1 Å². The Morgan fingerprint density at radius 3 is 2.83 bits per heavy atom. The van der Waals surface area contributed by atoms with Crippen molar-refractivity contribution >= 4 is 17.4 Å². The molecule has 100 valence electrons. The van der Waals surface area contributed by atoms with Gasteiger partial charge in [0.05, 0.1) is 11.2 Å². The first kappa shape index (κ1) is 13.7. The SMILES string of the molecule is CC1SCCCC1(CN)N(C)c1ccccc1F. The minimum Gasteiger partial charge on any atom is -0.364 e. The number of anilines is 1. The Bertz CT molecular complexity index is 413. The van der Waals surface area contributed by atoms with E-state index < -0.39 is 0 Å². The Morgan fingerprint density at radius 1 is 1.50 bits per heavy atom. The Kier molecular flexibility index (Phi) is 4.17. The number of thioether (sulfide) groups is 1. The summed E-state index contributed by atoms with van der Waals surface area (Å²) >= 11 is 1.93. The maximum Gasteiger partial charge on any atom is 0.146 e. The first-order valence-electron chi connectivity index (χ1n) is 6.42. The number of benzene rings is 1. The standard InChI is InChI=1S/C14H21FN2S/c1-11-14(10-16,8-5-9-18-11)17(2)13-7-4-3-6-12(13)15/h3-4,6-7,11H,5,8-10,16H2,1-2H3. The lowest BCUT2D eigenvalue weighted by Crippen LogP contribution is -2.60. The highest BCUT2D eigenvalue weighted by Gasteiger charge is 2.41. The van der Waals surface area contributed by atoms with E-state index in [1.807, 2.05) is 30.9 Å². The maximum atomic E-state index is 13.9. The molecule has 0 aliphatic carbocycles. The molecule has 1 aromatic rings. The van der Waals surface area contributed by atoms with Crippen molar-refractivity contribution in [2.45, 2.75) is 30.6 Å². The van der Waals surface area contributed by atoms with Crippen LogP contribution in [0, 0.1) is 5.82 Å². The normalized spacial score (nSPS) is 28.1. The molecule has 2 unspecified atom stereocenters. The van der Waals surface area contributed by atoms with E-state index in [2.05, 4.69) is 11.8 Å². The van der Waals surface area contributed by atoms with Crippen molar-refractivity contribution in [3.63, 3.8) is 0 Å². The van der Waals surface area contributed by atoms with Crippen LogP contribution in [-0.2, 0) is 0 Å². The Morgan fingerprint density at radius 2 is 2.22 bits per heavy atom. The molecular formula is C14H21FN2S. The van der Waals surface area contributed by atoms with E-state index >= 15 is 0 Å². The molecule has 0 amide bonds. The molecule has 1 fully saturated rings. The number of halogens is 1. The number of nitrogens with two attached hydrogens (primary N) is 1. The molecule has 1 aliphatic rings. The summed E-state index contributed by atoms with van der Waals surface area (Å²) in [4.78, 5) is 2.05. The molecule has 0 saturated carbocycles. The van der Waals surface area contributed by atoms with Gasteiger partial charge < -0.3 is 10.6 Å². The van der Waals surface area contributed by atoms with Crippen LogP contribution in [0.1, 0.15) is 19.8 Å². The lowest BCUT2D eigenvalue weighted by Gasteiger charge is -2.49. The van der Waals surface area contributed by atoms with Crippen molar-refractivity contribution in [1.29, 1.82) is 0 Å². The highest BCUT2D eigenvalue weighted by Crippen LogP contribution is 2.39. The van der Waals surface area contributed by atoms with Crippen LogP contribution in [0.15, 0.2) is 24.3 Å². The maximum absolute atomic E-state index is 13.9. The minimum atomic E-state index is -0.171. The molecule has 1 aliphatic heterocycles. The predicted molar refractivity (Wildman–Crippen MR) is 77.7 cm³/mol. The molecule has 1 saturated heterocycles. The third-order valence-electron chi connectivity index (χ3n) is 4.11. The Labute approximate surface area is 113 Å². The summed E-state index contributed by atoms with van der Waals surface area (Å²) in [6.45, 7) is 2.76. The van der Waals surface area contributed by atoms with Crippen molar-refractivity contribution in [2.24, 2.45) is 5.73 Å². The molecule has 2 N–H and O–H groups in total. The number of hydrogen-bond donors (Lipinski definition) is 1. The molecule has 1 heterocycles. The van der Waals surface area contributed by atoms with Crippen LogP contribution in [0.5, 0.6) is 0 Å². The van der Waals surface area contributed by atoms with E-state index in [1.165, 1.54) is 11.8 Å². The van der Waals surface area contributed by atoms with E-state index in [0.717, 1.165) is 12.8 Å². The highest BCUT2D eigenvalue weighted by molar-refractivity contribution is 8.00. The molecule has 18 heavy (non-hydrogen) atoms. The van der Waals surface area contributed by atoms with Crippen LogP contribution < -0.4 is 10.6 Å². The van der Waals surface area contributed by atoms with Crippen molar-refractivity contribution in [2.75, 3.05) is 24.2 Å².